The van der Waals surface area contributed by atoms with E-state index in [-0.39, 0.29) is 5.13 Å². The molecule has 1 rings (SSSR count). The van der Waals surface area contributed by atoms with E-state index < -0.39 is 11.2 Å². The highest BCUT2D eigenvalue weighted by Crippen LogP contribution is 2.33. The smallest absolute Gasteiger partial charge is 0.369 e. The number of nitrogens with zero attached hydrogens (tertiary/aromatic N) is 4. The molecule has 0 saturated carbocycles. The molecule has 0 radical (unpaired) electrons. The molecule has 0 spiro atoms. The van der Waals surface area contributed by atoms with Crippen molar-refractivity contribution in [1.29, 1.82) is 0 Å². The van der Waals surface area contributed by atoms with Crippen LogP contribution in [-0.2, 0) is 6.18 Å². The second-order valence-electron chi connectivity index (χ2n) is 2.60. The zero-order chi connectivity index (χ0) is 10.8. The highest BCUT2D eigenvalue weighted by Gasteiger charge is 2.35. The third kappa shape index (κ3) is 2.95. The lowest BCUT2D eigenvalue weighted by atomic mass is 10.7. The summed E-state index contributed by atoms with van der Waals surface area (Å²) < 4.78 is 36.1. The number of alkyl halides is 3. The van der Waals surface area contributed by atoms with Crippen LogP contribution in [-0.4, -0.2) is 35.5 Å². The van der Waals surface area contributed by atoms with Gasteiger partial charge in [0.15, 0.2) is 0 Å². The van der Waals surface area contributed by atoms with Crippen LogP contribution in [0.3, 0.4) is 0 Å². The minimum atomic E-state index is -4.44. The van der Waals surface area contributed by atoms with Gasteiger partial charge in [0.1, 0.15) is 0 Å². The highest BCUT2D eigenvalue weighted by atomic mass is 32.1. The standard InChI is InChI=1S/C6H7F3N4S/c1-13(2)3-10-5-12-11-4(14-5)6(7,8)9/h3H,1-2H3/b10-3+. The summed E-state index contributed by atoms with van der Waals surface area (Å²) in [5.74, 6) is 0. The van der Waals surface area contributed by atoms with Gasteiger partial charge in [-0.1, -0.05) is 11.3 Å². The summed E-state index contributed by atoms with van der Waals surface area (Å²) in [5.41, 5.74) is 0. The van der Waals surface area contributed by atoms with Gasteiger partial charge in [-0.3, -0.25) is 0 Å². The van der Waals surface area contributed by atoms with Gasteiger partial charge >= 0.3 is 6.18 Å². The highest BCUT2D eigenvalue weighted by molar-refractivity contribution is 7.15. The van der Waals surface area contributed by atoms with Crippen LogP contribution in [0.1, 0.15) is 5.01 Å². The van der Waals surface area contributed by atoms with Crippen molar-refractivity contribution >= 4 is 22.8 Å². The van der Waals surface area contributed by atoms with E-state index in [4.69, 9.17) is 0 Å². The van der Waals surface area contributed by atoms with E-state index in [9.17, 15) is 13.2 Å². The van der Waals surface area contributed by atoms with Crippen LogP contribution in [0.2, 0.25) is 0 Å². The van der Waals surface area contributed by atoms with Crippen molar-refractivity contribution in [2.45, 2.75) is 6.18 Å². The number of hydrogen-bond donors (Lipinski definition) is 0. The lowest BCUT2D eigenvalue weighted by Crippen LogP contribution is -2.06. The van der Waals surface area contributed by atoms with Crippen molar-refractivity contribution in [3.63, 3.8) is 0 Å². The van der Waals surface area contributed by atoms with Crippen LogP contribution in [0.4, 0.5) is 18.3 Å². The van der Waals surface area contributed by atoms with Gasteiger partial charge < -0.3 is 4.90 Å². The number of halogens is 3. The van der Waals surface area contributed by atoms with Crippen LogP contribution in [0.15, 0.2) is 4.99 Å². The first kappa shape index (κ1) is 10.9. The molecule has 0 aliphatic rings. The van der Waals surface area contributed by atoms with E-state index >= 15 is 0 Å². The summed E-state index contributed by atoms with van der Waals surface area (Å²) >= 11 is 0.410. The maximum absolute atomic E-state index is 12.0. The quantitative estimate of drug-likeness (QED) is 0.568. The van der Waals surface area contributed by atoms with Crippen LogP contribution in [0.25, 0.3) is 0 Å². The van der Waals surface area contributed by atoms with E-state index in [1.54, 1.807) is 19.0 Å². The summed E-state index contributed by atoms with van der Waals surface area (Å²) in [6.45, 7) is 0. The first-order valence-electron chi connectivity index (χ1n) is 3.51. The Morgan fingerprint density at radius 3 is 2.43 bits per heavy atom. The third-order valence-corrected chi connectivity index (χ3v) is 1.93. The Bertz CT molecular complexity index is 330. The van der Waals surface area contributed by atoms with E-state index in [2.05, 4.69) is 15.2 Å². The first-order chi connectivity index (χ1) is 6.39. The summed E-state index contributed by atoms with van der Waals surface area (Å²) in [6.07, 6.45) is -3.08. The van der Waals surface area contributed by atoms with Gasteiger partial charge in [-0.15, -0.1) is 10.2 Å². The maximum atomic E-state index is 12.0. The zero-order valence-electron chi connectivity index (χ0n) is 7.41. The fraction of sp³-hybridized carbons (Fsp3) is 0.500. The number of rotatable bonds is 2. The van der Waals surface area contributed by atoms with Crippen molar-refractivity contribution in [2.24, 2.45) is 4.99 Å². The Morgan fingerprint density at radius 2 is 2.00 bits per heavy atom. The lowest BCUT2D eigenvalue weighted by molar-refractivity contribution is -0.138. The molecular weight excluding hydrogens is 217 g/mol. The Balaban J connectivity index is 2.79. The number of hydrogen-bond acceptors (Lipinski definition) is 4. The topological polar surface area (TPSA) is 41.4 Å². The average Bonchev–Trinajstić information content (AvgIpc) is 2.47. The number of aromatic nitrogens is 2. The molecule has 1 aromatic rings. The van der Waals surface area contributed by atoms with Crippen molar-refractivity contribution < 1.29 is 13.2 Å². The Kier molecular flexibility index (Phi) is 3.04. The number of aliphatic imine (C=N–C) groups is 1. The van der Waals surface area contributed by atoms with Gasteiger partial charge in [0.2, 0.25) is 10.1 Å². The fourth-order valence-corrected chi connectivity index (χ4v) is 1.10. The SMILES string of the molecule is CN(C)/C=N/c1nnc(C(F)(F)F)s1. The molecule has 78 valence electrons. The lowest BCUT2D eigenvalue weighted by Gasteiger charge is -1.99. The summed E-state index contributed by atoms with van der Waals surface area (Å²) in [7, 11) is 3.41. The molecule has 0 unspecified atom stereocenters. The van der Waals surface area contributed by atoms with Crippen molar-refractivity contribution in [1.82, 2.24) is 15.1 Å². The van der Waals surface area contributed by atoms with E-state index in [0.29, 0.717) is 11.3 Å². The Morgan fingerprint density at radius 1 is 1.36 bits per heavy atom. The van der Waals surface area contributed by atoms with E-state index in [1.807, 2.05) is 0 Å². The van der Waals surface area contributed by atoms with Gasteiger partial charge in [0.25, 0.3) is 0 Å². The first-order valence-corrected chi connectivity index (χ1v) is 4.32. The fourth-order valence-electron chi connectivity index (χ4n) is 0.547. The average molecular weight is 224 g/mol. The molecule has 14 heavy (non-hydrogen) atoms. The molecule has 8 heteroatoms. The molecule has 0 N–H and O–H groups in total. The molecule has 0 aromatic carbocycles. The van der Waals surface area contributed by atoms with Gasteiger partial charge in [-0.25, -0.2) is 4.99 Å². The summed E-state index contributed by atoms with van der Waals surface area (Å²) in [5, 5.41) is 5.26. The van der Waals surface area contributed by atoms with Gasteiger partial charge in [-0.2, -0.15) is 13.2 Å². The van der Waals surface area contributed by atoms with E-state index in [0.717, 1.165) is 0 Å². The molecular formula is C6H7F3N4S. The molecule has 4 nitrogen and oxygen atoms in total. The van der Waals surface area contributed by atoms with Crippen LogP contribution >= 0.6 is 11.3 Å². The van der Waals surface area contributed by atoms with Gasteiger partial charge in [0.05, 0.1) is 6.34 Å². The monoisotopic (exact) mass is 224 g/mol. The molecule has 0 atom stereocenters. The molecule has 0 amide bonds. The van der Waals surface area contributed by atoms with Crippen molar-refractivity contribution in [2.75, 3.05) is 14.1 Å². The molecule has 1 aromatic heterocycles. The molecule has 1 heterocycles. The second-order valence-corrected chi connectivity index (χ2v) is 3.55. The normalized spacial score (nSPS) is 12.4. The Hall–Kier alpha value is -1.18. The van der Waals surface area contributed by atoms with Gasteiger partial charge in [0, 0.05) is 14.1 Å². The minimum absolute atomic E-state index is 0.00831. The largest absolute Gasteiger partial charge is 0.445 e. The maximum Gasteiger partial charge on any atom is 0.445 e. The van der Waals surface area contributed by atoms with Crippen LogP contribution in [0, 0.1) is 0 Å². The molecule has 0 bridgehead atoms. The van der Waals surface area contributed by atoms with E-state index in [1.165, 1.54) is 6.34 Å². The minimum Gasteiger partial charge on any atom is -0.369 e. The zero-order valence-corrected chi connectivity index (χ0v) is 8.22. The van der Waals surface area contributed by atoms with Gasteiger partial charge in [-0.05, 0) is 0 Å². The van der Waals surface area contributed by atoms with Crippen LogP contribution < -0.4 is 0 Å². The second kappa shape index (κ2) is 3.91. The molecule has 0 aliphatic heterocycles. The molecule has 0 saturated heterocycles. The van der Waals surface area contributed by atoms with Crippen molar-refractivity contribution in [3.05, 3.63) is 5.01 Å². The predicted molar refractivity (Wildman–Crippen MR) is 46.8 cm³/mol. The van der Waals surface area contributed by atoms with Crippen LogP contribution in [0.5, 0.6) is 0 Å². The third-order valence-electron chi connectivity index (χ3n) is 1.06. The summed E-state index contributed by atoms with van der Waals surface area (Å²) in [6, 6.07) is 0. The Labute approximate surface area is 82.1 Å². The van der Waals surface area contributed by atoms with Crippen molar-refractivity contribution in [3.8, 4) is 0 Å². The summed E-state index contributed by atoms with van der Waals surface area (Å²) in [4.78, 5) is 5.28. The molecule has 0 fully saturated rings. The molecule has 0 aliphatic carbocycles. The predicted octanol–water partition coefficient (Wildman–Crippen LogP) is 1.78.